The number of pyridine rings is 1. The van der Waals surface area contributed by atoms with Crippen LogP contribution < -0.4 is 5.32 Å². The van der Waals surface area contributed by atoms with Gasteiger partial charge in [-0.1, -0.05) is 6.07 Å². The molecule has 3 aromatic heterocycles. The van der Waals surface area contributed by atoms with Crippen LogP contribution in [0.1, 0.15) is 17.6 Å². The summed E-state index contributed by atoms with van der Waals surface area (Å²) < 4.78 is 6.61. The van der Waals surface area contributed by atoms with Gasteiger partial charge >= 0.3 is 0 Å². The van der Waals surface area contributed by atoms with Gasteiger partial charge in [-0.15, -0.1) is 11.3 Å². The molecule has 7 heteroatoms. The van der Waals surface area contributed by atoms with E-state index in [2.05, 4.69) is 36.6 Å². The Morgan fingerprint density at radius 2 is 2.12 bits per heavy atom. The fourth-order valence-electron chi connectivity index (χ4n) is 3.18. The first-order valence-electron chi connectivity index (χ1n) is 8.50. The Morgan fingerprint density at radius 1 is 1.24 bits per heavy atom. The lowest BCUT2D eigenvalue weighted by Gasteiger charge is -2.34. The van der Waals surface area contributed by atoms with Crippen molar-refractivity contribution in [2.24, 2.45) is 0 Å². The number of hydrogen-bond donors (Lipinski definition) is 1. The summed E-state index contributed by atoms with van der Waals surface area (Å²) in [5.74, 6) is 1.70. The fourth-order valence-corrected chi connectivity index (χ4v) is 3.97. The molecule has 1 atom stereocenters. The normalized spacial score (nSPS) is 16.8. The molecule has 3 aromatic rings. The van der Waals surface area contributed by atoms with E-state index < -0.39 is 0 Å². The average Bonchev–Trinajstić information content (AvgIpc) is 3.12. The lowest BCUT2D eigenvalue weighted by molar-refractivity contribution is 0.0179. The van der Waals surface area contributed by atoms with Crippen LogP contribution in [-0.4, -0.2) is 52.7 Å². The quantitative estimate of drug-likeness (QED) is 0.759. The molecule has 0 aliphatic carbocycles. The van der Waals surface area contributed by atoms with Gasteiger partial charge in [-0.3, -0.25) is 9.88 Å². The Balaban J connectivity index is 1.59. The molecule has 0 saturated carbocycles. The van der Waals surface area contributed by atoms with E-state index in [1.165, 1.54) is 0 Å². The summed E-state index contributed by atoms with van der Waals surface area (Å²) in [4.78, 5) is 16.1. The number of nitrogens with one attached hydrogen (secondary N) is 1. The summed E-state index contributed by atoms with van der Waals surface area (Å²) in [5.41, 5.74) is 2.07. The first-order valence-corrected chi connectivity index (χ1v) is 9.37. The number of aryl methyl sites for hydroxylation is 1. The molecule has 1 aliphatic rings. The number of morpholine rings is 1. The van der Waals surface area contributed by atoms with Crippen molar-refractivity contribution in [2.45, 2.75) is 13.0 Å². The second-order valence-electron chi connectivity index (χ2n) is 6.05. The molecule has 0 radical (unpaired) electrons. The number of anilines is 1. The van der Waals surface area contributed by atoms with E-state index in [0.717, 1.165) is 60.4 Å². The SMILES string of the molecule is Cc1nc(NC[C@H](c2ccccn2)N2CCOCC2)c2sccc2n1. The maximum Gasteiger partial charge on any atom is 0.147 e. The van der Waals surface area contributed by atoms with E-state index in [-0.39, 0.29) is 6.04 Å². The molecule has 4 rings (SSSR count). The van der Waals surface area contributed by atoms with Crippen LogP contribution in [0.5, 0.6) is 0 Å². The maximum absolute atomic E-state index is 5.51. The molecule has 130 valence electrons. The van der Waals surface area contributed by atoms with Gasteiger partial charge in [0.15, 0.2) is 0 Å². The first kappa shape index (κ1) is 16.4. The number of fused-ring (bicyclic) bond motifs is 1. The Labute approximate surface area is 150 Å². The molecule has 1 saturated heterocycles. The fraction of sp³-hybridized carbons (Fsp3) is 0.389. The van der Waals surface area contributed by atoms with Crippen molar-refractivity contribution in [1.82, 2.24) is 19.9 Å². The minimum Gasteiger partial charge on any atom is -0.379 e. The summed E-state index contributed by atoms with van der Waals surface area (Å²) >= 11 is 1.67. The highest BCUT2D eigenvalue weighted by molar-refractivity contribution is 7.17. The van der Waals surface area contributed by atoms with Crippen molar-refractivity contribution < 1.29 is 4.74 Å². The molecule has 0 amide bonds. The summed E-state index contributed by atoms with van der Waals surface area (Å²) in [5, 5.41) is 5.61. The smallest absolute Gasteiger partial charge is 0.147 e. The number of hydrogen-bond acceptors (Lipinski definition) is 7. The molecule has 0 unspecified atom stereocenters. The molecule has 0 spiro atoms. The van der Waals surface area contributed by atoms with Crippen molar-refractivity contribution in [3.63, 3.8) is 0 Å². The summed E-state index contributed by atoms with van der Waals surface area (Å²) in [7, 11) is 0. The van der Waals surface area contributed by atoms with Gasteiger partial charge in [0.25, 0.3) is 0 Å². The van der Waals surface area contributed by atoms with Crippen molar-refractivity contribution >= 4 is 27.4 Å². The predicted molar refractivity (Wildman–Crippen MR) is 100 cm³/mol. The van der Waals surface area contributed by atoms with Crippen LogP contribution in [0.4, 0.5) is 5.82 Å². The second-order valence-corrected chi connectivity index (χ2v) is 6.97. The Morgan fingerprint density at radius 3 is 2.92 bits per heavy atom. The highest BCUT2D eigenvalue weighted by Crippen LogP contribution is 2.27. The molecule has 1 aliphatic heterocycles. The van der Waals surface area contributed by atoms with Crippen LogP contribution in [-0.2, 0) is 4.74 Å². The zero-order chi connectivity index (χ0) is 17.1. The number of ether oxygens (including phenoxy) is 1. The van der Waals surface area contributed by atoms with Gasteiger partial charge in [0.1, 0.15) is 11.6 Å². The lowest BCUT2D eigenvalue weighted by atomic mass is 10.1. The molecule has 1 fully saturated rings. The van der Waals surface area contributed by atoms with Crippen LogP contribution in [0.2, 0.25) is 0 Å². The average molecular weight is 355 g/mol. The van der Waals surface area contributed by atoms with Crippen molar-refractivity contribution in [3.8, 4) is 0 Å². The van der Waals surface area contributed by atoms with Gasteiger partial charge in [0, 0.05) is 25.8 Å². The van der Waals surface area contributed by atoms with Gasteiger partial charge in [-0.2, -0.15) is 0 Å². The minimum absolute atomic E-state index is 0.190. The summed E-state index contributed by atoms with van der Waals surface area (Å²) in [6.07, 6.45) is 1.86. The highest BCUT2D eigenvalue weighted by Gasteiger charge is 2.24. The van der Waals surface area contributed by atoms with Gasteiger partial charge in [0.2, 0.25) is 0 Å². The molecule has 0 bridgehead atoms. The largest absolute Gasteiger partial charge is 0.379 e. The standard InChI is InChI=1S/C18H21N5OS/c1-13-21-15-5-11-25-17(15)18(22-13)20-12-16(14-4-2-3-6-19-14)23-7-9-24-10-8-23/h2-6,11,16H,7-10,12H2,1H3,(H,20,21,22)/t16-/m1/s1. The number of rotatable bonds is 5. The van der Waals surface area contributed by atoms with Gasteiger partial charge in [-0.05, 0) is 30.5 Å². The van der Waals surface area contributed by atoms with Crippen LogP contribution in [0.15, 0.2) is 35.8 Å². The van der Waals surface area contributed by atoms with Crippen LogP contribution in [0.3, 0.4) is 0 Å². The Kier molecular flexibility index (Phi) is 4.87. The van der Waals surface area contributed by atoms with Crippen molar-refractivity contribution in [1.29, 1.82) is 0 Å². The monoisotopic (exact) mass is 355 g/mol. The number of aromatic nitrogens is 3. The summed E-state index contributed by atoms with van der Waals surface area (Å²) in [6.45, 7) is 6.05. The third-order valence-corrected chi connectivity index (χ3v) is 5.30. The molecular weight excluding hydrogens is 334 g/mol. The molecule has 25 heavy (non-hydrogen) atoms. The third-order valence-electron chi connectivity index (χ3n) is 4.39. The van der Waals surface area contributed by atoms with E-state index in [0.29, 0.717) is 0 Å². The van der Waals surface area contributed by atoms with Crippen molar-refractivity contribution in [3.05, 3.63) is 47.4 Å². The van der Waals surface area contributed by atoms with Crippen LogP contribution in [0.25, 0.3) is 10.2 Å². The van der Waals surface area contributed by atoms with Gasteiger partial charge in [0.05, 0.1) is 35.2 Å². The van der Waals surface area contributed by atoms with Crippen LogP contribution >= 0.6 is 11.3 Å². The zero-order valence-electron chi connectivity index (χ0n) is 14.2. The molecule has 0 aromatic carbocycles. The molecular formula is C18H21N5OS. The molecule has 4 heterocycles. The van der Waals surface area contributed by atoms with E-state index in [9.17, 15) is 0 Å². The first-order chi connectivity index (χ1) is 12.3. The van der Waals surface area contributed by atoms with Crippen molar-refractivity contribution in [2.75, 3.05) is 38.2 Å². The predicted octanol–water partition coefficient (Wildman–Crippen LogP) is 2.88. The minimum atomic E-state index is 0.190. The second kappa shape index (κ2) is 7.43. The molecule has 6 nitrogen and oxygen atoms in total. The van der Waals surface area contributed by atoms with Crippen LogP contribution in [0, 0.1) is 6.92 Å². The van der Waals surface area contributed by atoms with E-state index in [1.54, 1.807) is 11.3 Å². The topological polar surface area (TPSA) is 63.2 Å². The highest BCUT2D eigenvalue weighted by atomic mass is 32.1. The lowest BCUT2D eigenvalue weighted by Crippen LogP contribution is -2.41. The maximum atomic E-state index is 5.51. The summed E-state index contributed by atoms with van der Waals surface area (Å²) in [6, 6.07) is 8.32. The van der Waals surface area contributed by atoms with Gasteiger partial charge in [-0.25, -0.2) is 9.97 Å². The molecule has 1 N–H and O–H groups in total. The van der Waals surface area contributed by atoms with E-state index >= 15 is 0 Å². The number of thiophene rings is 1. The van der Waals surface area contributed by atoms with E-state index in [4.69, 9.17) is 4.74 Å². The third kappa shape index (κ3) is 3.63. The van der Waals surface area contributed by atoms with Gasteiger partial charge < -0.3 is 10.1 Å². The number of nitrogens with zero attached hydrogens (tertiary/aromatic N) is 4. The Hall–Kier alpha value is -2.09. The Bertz CT molecular complexity index is 832. The zero-order valence-corrected chi connectivity index (χ0v) is 15.0. The van der Waals surface area contributed by atoms with E-state index in [1.807, 2.05) is 31.3 Å².